The van der Waals surface area contributed by atoms with Crippen LogP contribution in [-0.4, -0.2) is 11.6 Å². The number of rotatable bonds is 2. The van der Waals surface area contributed by atoms with E-state index in [0.29, 0.717) is 11.1 Å². The molecule has 206 valence electrons. The first-order chi connectivity index (χ1) is 20.8. The molecule has 0 amide bonds. The lowest BCUT2D eigenvalue weighted by molar-refractivity contribution is 0.0990. The normalized spacial score (nSPS) is 15.0. The molecule has 0 spiro atoms. The summed E-state index contributed by atoms with van der Waals surface area (Å²) in [7, 11) is 0. The number of carbonyl (C=O) groups is 2. The van der Waals surface area contributed by atoms with Crippen molar-refractivity contribution in [2.45, 2.75) is 26.2 Å². The molecule has 3 heteroatoms. The Kier molecular flexibility index (Phi) is 5.39. The fourth-order valence-corrected chi connectivity index (χ4v) is 6.81. The molecule has 0 saturated heterocycles. The highest BCUT2D eigenvalue weighted by Crippen LogP contribution is 2.53. The predicted octanol–water partition coefficient (Wildman–Crippen LogP) is 9.87. The molecule has 0 N–H and O–H groups in total. The van der Waals surface area contributed by atoms with Gasteiger partial charge in [-0.25, -0.2) is 0 Å². The maximum atomic E-state index is 13.5. The molecule has 1 heterocycles. The molecule has 8 rings (SSSR count). The number of hydrogen-bond donors (Lipinski definition) is 0. The molecule has 3 nitrogen and oxygen atoms in total. The zero-order valence-corrected chi connectivity index (χ0v) is 24.3. The summed E-state index contributed by atoms with van der Waals surface area (Å²) in [6.07, 6.45) is 1.78. The molecule has 0 radical (unpaired) electrons. The van der Waals surface area contributed by atoms with Gasteiger partial charge in [-0.15, -0.1) is 0 Å². The van der Waals surface area contributed by atoms with Gasteiger partial charge in [0.25, 0.3) is 0 Å². The average Bonchev–Trinajstić information content (AvgIpc) is 3.24. The van der Waals surface area contributed by atoms with Crippen LogP contribution in [0.15, 0.2) is 121 Å². The van der Waals surface area contributed by atoms with Crippen molar-refractivity contribution >= 4 is 56.2 Å². The maximum absolute atomic E-state index is 13.5. The molecule has 0 bridgehead atoms. The fourth-order valence-electron chi connectivity index (χ4n) is 6.81. The molecular formula is C40H29NO2. The number of nitrogens with zero attached hydrogens (tertiary/aromatic N) is 1. The second-order valence-corrected chi connectivity index (χ2v) is 12.3. The van der Waals surface area contributed by atoms with Crippen molar-refractivity contribution < 1.29 is 9.59 Å². The summed E-state index contributed by atoms with van der Waals surface area (Å²) in [5.74, 6) is -0.415. The van der Waals surface area contributed by atoms with Gasteiger partial charge in [-0.05, 0) is 99.8 Å². The summed E-state index contributed by atoms with van der Waals surface area (Å²) in [6, 6.07) is 39.6. The Labute approximate surface area is 250 Å². The summed E-state index contributed by atoms with van der Waals surface area (Å²) in [4.78, 5) is 29.4. The standard InChI is InChI=1S/C40H29NO2/c1-24-12-15-30(16-13-24)41-36-17-14-25(18-33-38(42)31-20-26-8-4-5-9-27(26)21-32(31)39(33)43)19-34(36)40(2,3)35-22-28-10-6-7-11-29(28)23-37(35)41/h4-23H,1-3H3. The highest BCUT2D eigenvalue weighted by Gasteiger charge is 2.38. The van der Waals surface area contributed by atoms with Gasteiger partial charge < -0.3 is 4.90 Å². The van der Waals surface area contributed by atoms with Crippen LogP contribution in [0, 0.1) is 6.92 Å². The Morgan fingerprint density at radius 2 is 1.12 bits per heavy atom. The molecule has 6 aromatic carbocycles. The number of ketones is 2. The minimum Gasteiger partial charge on any atom is -0.310 e. The number of anilines is 3. The predicted molar refractivity (Wildman–Crippen MR) is 176 cm³/mol. The van der Waals surface area contributed by atoms with E-state index in [1.165, 1.54) is 21.9 Å². The van der Waals surface area contributed by atoms with Crippen molar-refractivity contribution in [3.05, 3.63) is 154 Å². The number of fused-ring (bicyclic) bond motifs is 5. The highest BCUT2D eigenvalue weighted by atomic mass is 16.2. The molecule has 0 saturated carbocycles. The average molecular weight is 556 g/mol. The van der Waals surface area contributed by atoms with Gasteiger partial charge in [0, 0.05) is 22.2 Å². The number of aryl methyl sites for hydroxylation is 1. The van der Waals surface area contributed by atoms with Crippen molar-refractivity contribution in [2.24, 2.45) is 0 Å². The van der Waals surface area contributed by atoms with E-state index in [4.69, 9.17) is 0 Å². The smallest absolute Gasteiger partial charge is 0.197 e. The first kappa shape index (κ1) is 25.4. The molecule has 0 unspecified atom stereocenters. The maximum Gasteiger partial charge on any atom is 0.197 e. The van der Waals surface area contributed by atoms with Crippen molar-refractivity contribution in [1.29, 1.82) is 0 Å². The van der Waals surface area contributed by atoms with E-state index in [1.807, 2.05) is 42.5 Å². The summed E-state index contributed by atoms with van der Waals surface area (Å²) < 4.78 is 0. The van der Waals surface area contributed by atoms with E-state index in [0.717, 1.165) is 39.0 Å². The van der Waals surface area contributed by atoms with Gasteiger partial charge in [-0.3, -0.25) is 9.59 Å². The third-order valence-corrected chi connectivity index (χ3v) is 9.18. The molecule has 2 aliphatic rings. The quantitative estimate of drug-likeness (QED) is 0.158. The monoisotopic (exact) mass is 555 g/mol. The molecule has 0 aromatic heterocycles. The van der Waals surface area contributed by atoms with Crippen molar-refractivity contribution in [3.8, 4) is 0 Å². The summed E-state index contributed by atoms with van der Waals surface area (Å²) in [5, 5.41) is 4.32. The number of benzene rings is 6. The Balaban J connectivity index is 1.30. The minimum absolute atomic E-state index is 0.208. The topological polar surface area (TPSA) is 37.4 Å². The SMILES string of the molecule is Cc1ccc(N2c3ccc(C=C4C(=O)c5cc6ccccc6cc5C4=O)cc3C(C)(C)c3cc4ccccc4cc32)cc1. The third-order valence-electron chi connectivity index (χ3n) is 9.18. The Hall–Kier alpha value is -5.28. The van der Waals surface area contributed by atoms with Crippen molar-refractivity contribution in [3.63, 3.8) is 0 Å². The highest BCUT2D eigenvalue weighted by molar-refractivity contribution is 6.42. The number of hydrogen-bond acceptors (Lipinski definition) is 3. The van der Waals surface area contributed by atoms with E-state index < -0.39 is 0 Å². The van der Waals surface area contributed by atoms with Gasteiger partial charge in [0.2, 0.25) is 0 Å². The molecule has 1 aliphatic heterocycles. The van der Waals surface area contributed by atoms with Gasteiger partial charge in [-0.2, -0.15) is 0 Å². The lowest BCUT2D eigenvalue weighted by Crippen LogP contribution is -2.30. The van der Waals surface area contributed by atoms with Gasteiger partial charge in [0.1, 0.15) is 0 Å². The van der Waals surface area contributed by atoms with Crippen molar-refractivity contribution in [2.75, 3.05) is 4.90 Å². The minimum atomic E-state index is -0.325. The lowest BCUT2D eigenvalue weighted by Gasteiger charge is -2.42. The van der Waals surface area contributed by atoms with E-state index in [2.05, 4.69) is 98.5 Å². The van der Waals surface area contributed by atoms with E-state index in [9.17, 15) is 9.59 Å². The van der Waals surface area contributed by atoms with E-state index in [-0.39, 0.29) is 22.6 Å². The van der Waals surface area contributed by atoms with Crippen LogP contribution >= 0.6 is 0 Å². The van der Waals surface area contributed by atoms with Crippen LogP contribution in [0.5, 0.6) is 0 Å². The zero-order chi connectivity index (χ0) is 29.5. The number of carbonyl (C=O) groups excluding carboxylic acids is 2. The van der Waals surface area contributed by atoms with Crippen LogP contribution in [0.1, 0.15) is 56.8 Å². The zero-order valence-electron chi connectivity index (χ0n) is 24.3. The summed E-state index contributed by atoms with van der Waals surface area (Å²) >= 11 is 0. The fraction of sp³-hybridized carbons (Fsp3) is 0.100. The van der Waals surface area contributed by atoms with Crippen LogP contribution in [0.4, 0.5) is 17.1 Å². The van der Waals surface area contributed by atoms with Crippen LogP contribution in [-0.2, 0) is 5.41 Å². The second kappa shape index (κ2) is 9.11. The molecule has 1 aliphatic carbocycles. The molecule has 6 aromatic rings. The van der Waals surface area contributed by atoms with Gasteiger partial charge in [0.05, 0.1) is 16.9 Å². The first-order valence-corrected chi connectivity index (χ1v) is 14.7. The molecule has 0 atom stereocenters. The number of Topliss-reactive ketones (excluding diaryl/α,β-unsaturated/α-hetero) is 2. The van der Waals surface area contributed by atoms with Crippen molar-refractivity contribution in [1.82, 2.24) is 0 Å². The molecule has 43 heavy (non-hydrogen) atoms. The van der Waals surface area contributed by atoms with Gasteiger partial charge in [0.15, 0.2) is 11.6 Å². The van der Waals surface area contributed by atoms with Crippen LogP contribution in [0.2, 0.25) is 0 Å². The summed E-state index contributed by atoms with van der Waals surface area (Å²) in [6.45, 7) is 6.62. The first-order valence-electron chi connectivity index (χ1n) is 14.7. The largest absolute Gasteiger partial charge is 0.310 e. The number of allylic oxidation sites excluding steroid dienone is 1. The van der Waals surface area contributed by atoms with Gasteiger partial charge in [-0.1, -0.05) is 86.1 Å². The second-order valence-electron chi connectivity index (χ2n) is 12.3. The van der Waals surface area contributed by atoms with Crippen LogP contribution in [0.3, 0.4) is 0 Å². The Morgan fingerprint density at radius 3 is 1.72 bits per heavy atom. The Morgan fingerprint density at radius 1 is 0.581 bits per heavy atom. The third kappa shape index (κ3) is 3.81. The van der Waals surface area contributed by atoms with Gasteiger partial charge >= 0.3 is 0 Å². The molecule has 0 fully saturated rings. The van der Waals surface area contributed by atoms with Crippen LogP contribution in [0.25, 0.3) is 27.6 Å². The Bertz CT molecular complexity index is 2140. The van der Waals surface area contributed by atoms with E-state index in [1.54, 1.807) is 6.08 Å². The van der Waals surface area contributed by atoms with Crippen LogP contribution < -0.4 is 4.90 Å². The molecular weight excluding hydrogens is 526 g/mol. The summed E-state index contributed by atoms with van der Waals surface area (Å²) in [5.41, 5.74) is 8.65. The van der Waals surface area contributed by atoms with E-state index >= 15 is 0 Å². The lowest BCUT2D eigenvalue weighted by atomic mass is 9.72.